The van der Waals surface area contributed by atoms with Crippen LogP contribution in [-0.4, -0.2) is 37.1 Å². The van der Waals surface area contributed by atoms with E-state index in [9.17, 15) is 9.18 Å². The molecule has 3 aromatic rings. The molecule has 5 nitrogen and oxygen atoms in total. The van der Waals surface area contributed by atoms with Gasteiger partial charge in [-0.15, -0.1) is 0 Å². The number of carbonyl (C=O) groups is 1. The lowest BCUT2D eigenvalue weighted by Gasteiger charge is -2.05. The molecule has 1 atom stereocenters. The van der Waals surface area contributed by atoms with Crippen LogP contribution in [0.5, 0.6) is 0 Å². The zero-order valence-corrected chi connectivity index (χ0v) is 16.1. The number of halogens is 1. The Morgan fingerprint density at radius 3 is 2.57 bits per heavy atom. The van der Waals surface area contributed by atoms with Crippen LogP contribution < -0.4 is 16.4 Å². The van der Waals surface area contributed by atoms with E-state index in [4.69, 9.17) is 5.73 Å². The van der Waals surface area contributed by atoms with Gasteiger partial charge in [0.25, 0.3) is 5.91 Å². The van der Waals surface area contributed by atoms with Crippen LogP contribution in [0, 0.1) is 11.7 Å². The Labute approximate surface area is 164 Å². The number of nitrogens with one attached hydrogen (secondary N) is 3. The van der Waals surface area contributed by atoms with Crippen molar-refractivity contribution in [3.8, 4) is 11.1 Å². The molecule has 5 N–H and O–H groups in total. The number of H-pyrrole nitrogens is 1. The van der Waals surface area contributed by atoms with Gasteiger partial charge in [0.15, 0.2) is 0 Å². The average molecular weight is 382 g/mol. The zero-order valence-electron chi connectivity index (χ0n) is 16.1. The van der Waals surface area contributed by atoms with Crippen molar-refractivity contribution < 1.29 is 9.18 Å². The first-order chi connectivity index (χ1) is 13.6. The molecular weight excluding hydrogens is 355 g/mol. The Kier molecular flexibility index (Phi) is 6.79. The standard InChI is InChI=1S/C17H15FN2O.C5H12N2/c1-2-19-17(21)16-15(11-7-9-12(18)10-8-11)13-5-3-4-6-14(13)20-16;6-3-5-1-2-7-4-5/h3-10,20H,2H2,1H3,(H,19,21);5,7H,1-4,6H2/t;5-/m.1/s1. The van der Waals surface area contributed by atoms with Crippen LogP contribution >= 0.6 is 0 Å². The van der Waals surface area contributed by atoms with Gasteiger partial charge in [-0.2, -0.15) is 0 Å². The van der Waals surface area contributed by atoms with Crippen LogP contribution in [0.3, 0.4) is 0 Å². The number of para-hydroxylation sites is 1. The molecule has 2 heterocycles. The summed E-state index contributed by atoms with van der Waals surface area (Å²) in [7, 11) is 0. The lowest BCUT2D eigenvalue weighted by molar-refractivity contribution is 0.0952. The van der Waals surface area contributed by atoms with Gasteiger partial charge in [-0.05, 0) is 62.7 Å². The van der Waals surface area contributed by atoms with Gasteiger partial charge in [-0.1, -0.05) is 30.3 Å². The second-order valence-corrected chi connectivity index (χ2v) is 6.88. The predicted molar refractivity (Wildman–Crippen MR) is 112 cm³/mol. The maximum atomic E-state index is 13.1. The molecule has 0 radical (unpaired) electrons. The highest BCUT2D eigenvalue weighted by Gasteiger charge is 2.18. The molecule has 1 amide bonds. The summed E-state index contributed by atoms with van der Waals surface area (Å²) in [4.78, 5) is 15.4. The number of aromatic amines is 1. The highest BCUT2D eigenvalue weighted by atomic mass is 19.1. The van der Waals surface area contributed by atoms with Crippen molar-refractivity contribution in [3.05, 3.63) is 60.0 Å². The first kappa shape index (κ1) is 20.0. The van der Waals surface area contributed by atoms with E-state index < -0.39 is 0 Å². The number of amides is 1. The van der Waals surface area contributed by atoms with Crippen LogP contribution in [0.4, 0.5) is 4.39 Å². The monoisotopic (exact) mass is 382 g/mol. The first-order valence-corrected chi connectivity index (χ1v) is 9.69. The third kappa shape index (κ3) is 4.58. The fraction of sp³-hybridized carbons (Fsp3) is 0.318. The Hall–Kier alpha value is -2.70. The largest absolute Gasteiger partial charge is 0.351 e. The summed E-state index contributed by atoms with van der Waals surface area (Å²) >= 11 is 0. The maximum absolute atomic E-state index is 13.1. The van der Waals surface area contributed by atoms with Crippen molar-refractivity contribution in [2.45, 2.75) is 13.3 Å². The fourth-order valence-electron chi connectivity index (χ4n) is 3.39. The fourth-order valence-corrected chi connectivity index (χ4v) is 3.39. The van der Waals surface area contributed by atoms with Crippen LogP contribution in [0.1, 0.15) is 23.8 Å². The molecule has 2 aromatic carbocycles. The number of aromatic nitrogens is 1. The van der Waals surface area contributed by atoms with E-state index in [1.54, 1.807) is 12.1 Å². The molecule has 0 spiro atoms. The van der Waals surface area contributed by atoms with Gasteiger partial charge >= 0.3 is 0 Å². The number of carbonyl (C=O) groups excluding carboxylic acids is 1. The van der Waals surface area contributed by atoms with Crippen LogP contribution in [0.15, 0.2) is 48.5 Å². The Morgan fingerprint density at radius 2 is 1.96 bits per heavy atom. The van der Waals surface area contributed by atoms with E-state index in [-0.39, 0.29) is 11.7 Å². The van der Waals surface area contributed by atoms with Gasteiger partial charge in [0.2, 0.25) is 0 Å². The Balaban J connectivity index is 0.000000271. The summed E-state index contributed by atoms with van der Waals surface area (Å²) in [6, 6.07) is 13.9. The second kappa shape index (κ2) is 9.48. The lowest BCUT2D eigenvalue weighted by atomic mass is 10.0. The number of nitrogens with two attached hydrogens (primary N) is 1. The molecule has 1 fully saturated rings. The van der Waals surface area contributed by atoms with Crippen molar-refractivity contribution >= 4 is 16.8 Å². The molecule has 1 aromatic heterocycles. The Morgan fingerprint density at radius 1 is 1.21 bits per heavy atom. The van der Waals surface area contributed by atoms with Crippen molar-refractivity contribution in [2.75, 3.05) is 26.2 Å². The van der Waals surface area contributed by atoms with E-state index in [1.807, 2.05) is 31.2 Å². The third-order valence-electron chi connectivity index (χ3n) is 4.90. The predicted octanol–water partition coefficient (Wildman–Crippen LogP) is 3.28. The van der Waals surface area contributed by atoms with E-state index in [0.29, 0.717) is 12.2 Å². The molecule has 0 unspecified atom stereocenters. The molecule has 0 saturated carbocycles. The third-order valence-corrected chi connectivity index (χ3v) is 4.90. The highest BCUT2D eigenvalue weighted by Crippen LogP contribution is 2.32. The van der Waals surface area contributed by atoms with Crippen LogP contribution in [0.25, 0.3) is 22.0 Å². The van der Waals surface area contributed by atoms with E-state index in [1.165, 1.54) is 25.1 Å². The molecule has 1 aliphatic rings. The van der Waals surface area contributed by atoms with Gasteiger partial charge in [-0.25, -0.2) is 4.39 Å². The van der Waals surface area contributed by atoms with Crippen molar-refractivity contribution in [2.24, 2.45) is 11.7 Å². The lowest BCUT2D eigenvalue weighted by Crippen LogP contribution is -2.23. The number of fused-ring (bicyclic) bond motifs is 1. The minimum absolute atomic E-state index is 0.159. The Bertz CT molecular complexity index is 914. The molecule has 1 aliphatic heterocycles. The van der Waals surface area contributed by atoms with E-state index in [0.717, 1.165) is 41.0 Å². The van der Waals surface area contributed by atoms with Crippen molar-refractivity contribution in [1.29, 1.82) is 0 Å². The van der Waals surface area contributed by atoms with Gasteiger partial charge in [-0.3, -0.25) is 4.79 Å². The average Bonchev–Trinajstić information content (AvgIpc) is 3.37. The number of rotatable bonds is 4. The summed E-state index contributed by atoms with van der Waals surface area (Å²) in [6.45, 7) is 5.58. The molecule has 148 valence electrons. The molecule has 0 bridgehead atoms. The summed E-state index contributed by atoms with van der Waals surface area (Å²) in [5.74, 6) is 0.311. The topological polar surface area (TPSA) is 82.9 Å². The van der Waals surface area contributed by atoms with Crippen molar-refractivity contribution in [3.63, 3.8) is 0 Å². The summed E-state index contributed by atoms with van der Waals surface area (Å²) in [6.07, 6.45) is 1.27. The normalized spacial score (nSPS) is 15.9. The maximum Gasteiger partial charge on any atom is 0.268 e. The van der Waals surface area contributed by atoms with Gasteiger partial charge in [0.05, 0.1) is 0 Å². The molecule has 1 saturated heterocycles. The number of benzene rings is 2. The summed E-state index contributed by atoms with van der Waals surface area (Å²) in [5.41, 5.74) is 8.40. The summed E-state index contributed by atoms with van der Waals surface area (Å²) in [5, 5.41) is 6.99. The summed E-state index contributed by atoms with van der Waals surface area (Å²) < 4.78 is 13.1. The quantitative estimate of drug-likeness (QED) is 0.559. The number of hydrogen-bond acceptors (Lipinski definition) is 3. The zero-order chi connectivity index (χ0) is 19.9. The molecule has 0 aliphatic carbocycles. The smallest absolute Gasteiger partial charge is 0.268 e. The van der Waals surface area contributed by atoms with Crippen molar-refractivity contribution in [1.82, 2.24) is 15.6 Å². The first-order valence-electron chi connectivity index (χ1n) is 9.69. The minimum atomic E-state index is -0.293. The molecular formula is C22H27FN4O. The minimum Gasteiger partial charge on any atom is -0.351 e. The van der Waals surface area contributed by atoms with Crippen LogP contribution in [0.2, 0.25) is 0 Å². The van der Waals surface area contributed by atoms with Gasteiger partial charge in [0, 0.05) is 23.0 Å². The molecule has 4 rings (SSSR count). The number of hydrogen-bond donors (Lipinski definition) is 4. The van der Waals surface area contributed by atoms with E-state index in [2.05, 4.69) is 15.6 Å². The van der Waals surface area contributed by atoms with Gasteiger partial charge < -0.3 is 21.4 Å². The van der Waals surface area contributed by atoms with E-state index >= 15 is 0 Å². The SMILES string of the molecule is CCNC(=O)c1[nH]c2ccccc2c1-c1ccc(F)cc1.NC[C@H]1CCNC1. The molecule has 6 heteroatoms. The second-order valence-electron chi connectivity index (χ2n) is 6.88. The highest BCUT2D eigenvalue weighted by molar-refractivity contribution is 6.09. The van der Waals surface area contributed by atoms with Gasteiger partial charge in [0.1, 0.15) is 11.5 Å². The molecule has 28 heavy (non-hydrogen) atoms. The van der Waals surface area contributed by atoms with Crippen LogP contribution in [-0.2, 0) is 0 Å².